The van der Waals surface area contributed by atoms with Crippen LogP contribution < -0.4 is 5.73 Å². The van der Waals surface area contributed by atoms with E-state index in [0.717, 1.165) is 11.1 Å². The summed E-state index contributed by atoms with van der Waals surface area (Å²) < 4.78 is 24.6. The summed E-state index contributed by atoms with van der Waals surface area (Å²) in [7, 11) is -3.46. The highest BCUT2D eigenvalue weighted by Crippen LogP contribution is 2.26. The van der Waals surface area contributed by atoms with Crippen LogP contribution in [0.25, 0.3) is 0 Å². The van der Waals surface area contributed by atoms with E-state index >= 15 is 0 Å². The summed E-state index contributed by atoms with van der Waals surface area (Å²) in [6.45, 7) is 1.95. The minimum absolute atomic E-state index is 0.0725. The van der Waals surface area contributed by atoms with Crippen molar-refractivity contribution in [1.82, 2.24) is 0 Å². The van der Waals surface area contributed by atoms with E-state index in [1.165, 1.54) is 18.2 Å². The lowest BCUT2D eigenvalue weighted by atomic mass is 10.2. The third-order valence-corrected chi connectivity index (χ3v) is 4.93. The second-order valence-corrected chi connectivity index (χ2v) is 6.80. The quantitative estimate of drug-likeness (QED) is 0.885. The standard InChI is InChI=1S/C14H14ClNO2S/c1-10-2-4-11(5-3-10)9-19(17,18)14-7-6-12(16)8-13(14)15/h2-8H,9,16H2,1H3. The van der Waals surface area contributed by atoms with E-state index in [-0.39, 0.29) is 15.7 Å². The van der Waals surface area contributed by atoms with Crippen LogP contribution in [0.5, 0.6) is 0 Å². The fourth-order valence-corrected chi connectivity index (χ4v) is 3.71. The molecule has 0 atom stereocenters. The number of benzene rings is 2. The van der Waals surface area contributed by atoms with Gasteiger partial charge in [-0.15, -0.1) is 0 Å². The zero-order valence-corrected chi connectivity index (χ0v) is 12.0. The van der Waals surface area contributed by atoms with Gasteiger partial charge in [0.2, 0.25) is 0 Å². The maximum absolute atomic E-state index is 12.3. The summed E-state index contributed by atoms with van der Waals surface area (Å²) in [6, 6.07) is 11.8. The Morgan fingerprint density at radius 3 is 2.32 bits per heavy atom. The molecule has 0 saturated heterocycles. The number of hydrogen-bond donors (Lipinski definition) is 1. The first-order chi connectivity index (χ1) is 8.88. The lowest BCUT2D eigenvalue weighted by Crippen LogP contribution is -2.06. The van der Waals surface area contributed by atoms with Crippen molar-refractivity contribution in [1.29, 1.82) is 0 Å². The Balaban J connectivity index is 2.35. The van der Waals surface area contributed by atoms with Crippen LogP contribution in [0.2, 0.25) is 5.02 Å². The van der Waals surface area contributed by atoms with E-state index in [0.29, 0.717) is 5.69 Å². The van der Waals surface area contributed by atoms with E-state index in [1.54, 1.807) is 12.1 Å². The predicted molar refractivity (Wildman–Crippen MR) is 77.9 cm³/mol. The van der Waals surface area contributed by atoms with Crippen molar-refractivity contribution in [2.75, 3.05) is 5.73 Å². The van der Waals surface area contributed by atoms with Crippen LogP contribution in [0.4, 0.5) is 5.69 Å². The third kappa shape index (κ3) is 3.28. The molecule has 0 aliphatic rings. The van der Waals surface area contributed by atoms with Crippen LogP contribution in [-0.2, 0) is 15.6 Å². The van der Waals surface area contributed by atoms with E-state index < -0.39 is 9.84 Å². The van der Waals surface area contributed by atoms with Gasteiger partial charge in [-0.2, -0.15) is 0 Å². The summed E-state index contributed by atoms with van der Waals surface area (Å²) in [6.07, 6.45) is 0. The molecule has 2 rings (SSSR count). The van der Waals surface area contributed by atoms with Gasteiger partial charge in [-0.1, -0.05) is 41.4 Å². The molecule has 2 N–H and O–H groups in total. The molecule has 0 fully saturated rings. The third-order valence-electron chi connectivity index (χ3n) is 2.77. The normalized spacial score (nSPS) is 11.5. The molecule has 19 heavy (non-hydrogen) atoms. The highest BCUT2D eigenvalue weighted by Gasteiger charge is 2.18. The number of hydrogen-bond acceptors (Lipinski definition) is 3. The molecule has 0 aromatic heterocycles. The average molecular weight is 296 g/mol. The van der Waals surface area contributed by atoms with Crippen molar-refractivity contribution in [3.8, 4) is 0 Å². The largest absolute Gasteiger partial charge is 0.399 e. The van der Waals surface area contributed by atoms with Gasteiger partial charge in [0.15, 0.2) is 9.84 Å². The van der Waals surface area contributed by atoms with Gasteiger partial charge in [-0.05, 0) is 30.7 Å². The second kappa shape index (κ2) is 5.23. The Labute approximate surface area is 117 Å². The highest BCUT2D eigenvalue weighted by molar-refractivity contribution is 7.90. The van der Waals surface area contributed by atoms with Gasteiger partial charge in [-0.25, -0.2) is 8.42 Å². The van der Waals surface area contributed by atoms with Gasteiger partial charge in [0, 0.05) is 5.69 Å². The Bertz CT molecular complexity index is 694. The summed E-state index contributed by atoms with van der Waals surface area (Å²) >= 11 is 5.95. The zero-order valence-electron chi connectivity index (χ0n) is 10.4. The van der Waals surface area contributed by atoms with Crippen molar-refractivity contribution in [2.24, 2.45) is 0 Å². The molecule has 0 amide bonds. The number of nitrogens with two attached hydrogens (primary N) is 1. The maximum Gasteiger partial charge on any atom is 0.183 e. The zero-order chi connectivity index (χ0) is 14.0. The minimum Gasteiger partial charge on any atom is -0.399 e. The molecule has 2 aromatic carbocycles. The van der Waals surface area contributed by atoms with Gasteiger partial charge in [0.25, 0.3) is 0 Å². The first kappa shape index (κ1) is 13.9. The van der Waals surface area contributed by atoms with Crippen molar-refractivity contribution >= 4 is 27.1 Å². The number of rotatable bonds is 3. The smallest absolute Gasteiger partial charge is 0.183 e. The summed E-state index contributed by atoms with van der Waals surface area (Å²) in [5, 5.41) is 0.159. The number of anilines is 1. The molecule has 0 radical (unpaired) electrons. The van der Waals surface area contributed by atoms with Crippen LogP contribution >= 0.6 is 11.6 Å². The van der Waals surface area contributed by atoms with Gasteiger partial charge in [0.1, 0.15) is 0 Å². The number of sulfone groups is 1. The Morgan fingerprint density at radius 2 is 1.74 bits per heavy atom. The Kier molecular flexibility index (Phi) is 3.83. The molecule has 3 nitrogen and oxygen atoms in total. The van der Waals surface area contributed by atoms with Crippen LogP contribution in [0.15, 0.2) is 47.4 Å². The number of nitrogen functional groups attached to an aromatic ring is 1. The van der Waals surface area contributed by atoms with Gasteiger partial charge >= 0.3 is 0 Å². The fourth-order valence-electron chi connectivity index (χ4n) is 1.75. The van der Waals surface area contributed by atoms with Crippen LogP contribution in [0, 0.1) is 6.92 Å². The highest BCUT2D eigenvalue weighted by atomic mass is 35.5. The van der Waals surface area contributed by atoms with E-state index in [2.05, 4.69) is 0 Å². The maximum atomic E-state index is 12.3. The molecule has 0 heterocycles. The van der Waals surface area contributed by atoms with Crippen molar-refractivity contribution in [3.05, 3.63) is 58.6 Å². The van der Waals surface area contributed by atoms with Gasteiger partial charge < -0.3 is 5.73 Å². The fraction of sp³-hybridized carbons (Fsp3) is 0.143. The van der Waals surface area contributed by atoms with Crippen LogP contribution in [-0.4, -0.2) is 8.42 Å². The Morgan fingerprint density at radius 1 is 1.11 bits per heavy atom. The molecule has 100 valence electrons. The topological polar surface area (TPSA) is 60.2 Å². The number of aryl methyl sites for hydroxylation is 1. The number of halogens is 1. The van der Waals surface area contributed by atoms with E-state index in [1.807, 2.05) is 19.1 Å². The van der Waals surface area contributed by atoms with Gasteiger partial charge in [0.05, 0.1) is 15.7 Å². The molecule has 0 unspecified atom stereocenters. The van der Waals surface area contributed by atoms with Crippen LogP contribution in [0.3, 0.4) is 0 Å². The van der Waals surface area contributed by atoms with E-state index in [9.17, 15) is 8.42 Å². The lowest BCUT2D eigenvalue weighted by Gasteiger charge is -2.07. The molecule has 0 aliphatic carbocycles. The van der Waals surface area contributed by atoms with Crippen molar-refractivity contribution in [3.63, 3.8) is 0 Å². The van der Waals surface area contributed by atoms with Crippen molar-refractivity contribution in [2.45, 2.75) is 17.6 Å². The van der Waals surface area contributed by atoms with Crippen molar-refractivity contribution < 1.29 is 8.42 Å². The SMILES string of the molecule is Cc1ccc(CS(=O)(=O)c2ccc(N)cc2Cl)cc1. The lowest BCUT2D eigenvalue weighted by molar-refractivity contribution is 0.595. The monoisotopic (exact) mass is 295 g/mol. The molecule has 0 saturated carbocycles. The molecule has 5 heteroatoms. The van der Waals surface area contributed by atoms with Gasteiger partial charge in [-0.3, -0.25) is 0 Å². The molecular weight excluding hydrogens is 282 g/mol. The summed E-state index contributed by atoms with van der Waals surface area (Å²) in [5.41, 5.74) is 7.83. The summed E-state index contributed by atoms with van der Waals surface area (Å²) in [5.74, 6) is -0.0725. The molecule has 0 spiro atoms. The molecule has 0 aliphatic heterocycles. The predicted octanol–water partition coefficient (Wildman–Crippen LogP) is 3.20. The van der Waals surface area contributed by atoms with Crippen LogP contribution in [0.1, 0.15) is 11.1 Å². The molecule has 0 bridgehead atoms. The minimum atomic E-state index is -3.46. The summed E-state index contributed by atoms with van der Waals surface area (Å²) in [4.78, 5) is 0.115. The molecular formula is C14H14ClNO2S. The van der Waals surface area contributed by atoms with E-state index in [4.69, 9.17) is 17.3 Å². The Hall–Kier alpha value is -1.52. The average Bonchev–Trinajstić information content (AvgIpc) is 2.31. The molecule has 2 aromatic rings. The first-order valence-electron chi connectivity index (χ1n) is 5.72. The first-order valence-corrected chi connectivity index (χ1v) is 7.75. The second-order valence-electron chi connectivity index (χ2n) is 4.43.